The first-order valence-corrected chi connectivity index (χ1v) is 6.42. The van der Waals surface area contributed by atoms with Crippen molar-refractivity contribution in [2.24, 2.45) is 5.41 Å². The van der Waals surface area contributed by atoms with Crippen molar-refractivity contribution in [1.29, 1.82) is 0 Å². The largest absolute Gasteiger partial charge is 0.324 e. The molecule has 1 fully saturated rings. The van der Waals surface area contributed by atoms with Gasteiger partial charge in [0.05, 0.1) is 16.1 Å². The Morgan fingerprint density at radius 2 is 2.39 bits per heavy atom. The normalized spacial score (nSPS) is 23.1. The molecule has 1 unspecified atom stereocenters. The number of benzene rings is 1. The quantitative estimate of drug-likeness (QED) is 0.887. The van der Waals surface area contributed by atoms with Gasteiger partial charge in [-0.05, 0) is 37.6 Å². The fraction of sp³-hybridized carbons (Fsp3) is 0.462. The Kier molecular flexibility index (Phi) is 3.88. The molecule has 2 N–H and O–H groups in total. The topological polar surface area (TPSA) is 41.1 Å². The zero-order valence-corrected chi connectivity index (χ0v) is 11.0. The van der Waals surface area contributed by atoms with Crippen LogP contribution in [-0.2, 0) is 4.79 Å². The van der Waals surface area contributed by atoms with Crippen molar-refractivity contribution in [1.82, 2.24) is 5.32 Å². The monoisotopic (exact) mass is 270 g/mol. The molecular formula is C13H16ClFN2O. The van der Waals surface area contributed by atoms with Crippen molar-refractivity contribution in [3.05, 3.63) is 29.0 Å². The van der Waals surface area contributed by atoms with Gasteiger partial charge >= 0.3 is 0 Å². The minimum atomic E-state index is -0.411. The first-order chi connectivity index (χ1) is 8.57. The molecule has 0 radical (unpaired) electrons. The van der Waals surface area contributed by atoms with E-state index in [1.807, 2.05) is 6.92 Å². The van der Waals surface area contributed by atoms with Crippen molar-refractivity contribution in [2.45, 2.75) is 19.8 Å². The summed E-state index contributed by atoms with van der Waals surface area (Å²) in [6, 6.07) is 3.97. The number of amides is 1. The highest BCUT2D eigenvalue weighted by Gasteiger charge is 2.39. The minimum absolute atomic E-state index is 0.0523. The average Bonchev–Trinajstić information content (AvgIpc) is 2.82. The van der Waals surface area contributed by atoms with Gasteiger partial charge in [-0.25, -0.2) is 4.39 Å². The lowest BCUT2D eigenvalue weighted by molar-refractivity contribution is -0.124. The standard InChI is InChI=1S/C13H16ClFN2O/c1-2-13(5-6-16-8-13)12(18)17-11-4-3-9(15)7-10(11)14/h3-4,7,16H,2,5-6,8H2,1H3,(H,17,18). The van der Waals surface area contributed by atoms with Gasteiger partial charge in [-0.2, -0.15) is 0 Å². The zero-order chi connectivity index (χ0) is 13.2. The third-order valence-electron chi connectivity index (χ3n) is 3.58. The lowest BCUT2D eigenvalue weighted by Gasteiger charge is -2.25. The molecule has 1 aromatic rings. The number of hydrogen-bond acceptors (Lipinski definition) is 2. The second-order valence-corrected chi connectivity index (χ2v) is 5.05. The van der Waals surface area contributed by atoms with Crippen LogP contribution < -0.4 is 10.6 Å². The molecule has 98 valence electrons. The maximum absolute atomic E-state index is 12.9. The van der Waals surface area contributed by atoms with Gasteiger partial charge in [0, 0.05) is 6.54 Å². The van der Waals surface area contributed by atoms with Gasteiger partial charge in [0.25, 0.3) is 0 Å². The van der Waals surface area contributed by atoms with Crippen LogP contribution in [0.25, 0.3) is 0 Å². The van der Waals surface area contributed by atoms with E-state index < -0.39 is 5.82 Å². The lowest BCUT2D eigenvalue weighted by atomic mass is 9.83. The summed E-state index contributed by atoms with van der Waals surface area (Å²) in [5, 5.41) is 6.22. The van der Waals surface area contributed by atoms with Crippen LogP contribution in [0.2, 0.25) is 5.02 Å². The van der Waals surface area contributed by atoms with Gasteiger partial charge in [-0.15, -0.1) is 0 Å². The average molecular weight is 271 g/mol. The summed E-state index contributed by atoms with van der Waals surface area (Å²) in [6.45, 7) is 3.52. The molecule has 0 bridgehead atoms. The molecule has 5 heteroatoms. The third kappa shape index (κ3) is 2.49. The molecule has 2 rings (SSSR count). The van der Waals surface area contributed by atoms with Gasteiger partial charge in [-0.1, -0.05) is 18.5 Å². The van der Waals surface area contributed by atoms with E-state index in [4.69, 9.17) is 11.6 Å². The summed E-state index contributed by atoms with van der Waals surface area (Å²) in [7, 11) is 0. The molecule has 0 aliphatic carbocycles. The van der Waals surface area contributed by atoms with Gasteiger partial charge in [-0.3, -0.25) is 4.79 Å². The molecule has 18 heavy (non-hydrogen) atoms. The van der Waals surface area contributed by atoms with Crippen LogP contribution in [-0.4, -0.2) is 19.0 Å². The fourth-order valence-corrected chi connectivity index (χ4v) is 2.46. The number of rotatable bonds is 3. The summed E-state index contributed by atoms with van der Waals surface area (Å²) in [5.74, 6) is -0.464. The number of hydrogen-bond donors (Lipinski definition) is 2. The Morgan fingerprint density at radius 3 is 2.94 bits per heavy atom. The molecule has 1 saturated heterocycles. The molecule has 0 aromatic heterocycles. The molecule has 0 saturated carbocycles. The van der Waals surface area contributed by atoms with Crippen LogP contribution in [0, 0.1) is 11.2 Å². The molecule has 3 nitrogen and oxygen atoms in total. The molecule has 1 aromatic carbocycles. The summed E-state index contributed by atoms with van der Waals surface area (Å²) >= 11 is 5.90. The third-order valence-corrected chi connectivity index (χ3v) is 3.89. The van der Waals surface area contributed by atoms with Crippen LogP contribution in [0.3, 0.4) is 0 Å². The number of halogens is 2. The van der Waals surface area contributed by atoms with E-state index in [1.54, 1.807) is 0 Å². The summed E-state index contributed by atoms with van der Waals surface area (Å²) in [4.78, 5) is 12.3. The van der Waals surface area contributed by atoms with E-state index in [1.165, 1.54) is 18.2 Å². The number of nitrogens with one attached hydrogen (secondary N) is 2. The Balaban J connectivity index is 2.15. The second kappa shape index (κ2) is 5.24. The maximum Gasteiger partial charge on any atom is 0.231 e. The molecular weight excluding hydrogens is 255 g/mol. The Morgan fingerprint density at radius 1 is 1.61 bits per heavy atom. The summed E-state index contributed by atoms with van der Waals surface area (Å²) < 4.78 is 12.9. The van der Waals surface area contributed by atoms with Crippen LogP contribution >= 0.6 is 11.6 Å². The van der Waals surface area contributed by atoms with Gasteiger partial charge in [0.2, 0.25) is 5.91 Å². The first-order valence-electron chi connectivity index (χ1n) is 6.04. The SMILES string of the molecule is CCC1(C(=O)Nc2ccc(F)cc2Cl)CCNC1. The zero-order valence-electron chi connectivity index (χ0n) is 10.2. The predicted molar refractivity (Wildman–Crippen MR) is 70.3 cm³/mol. The Hall–Kier alpha value is -1.13. The van der Waals surface area contributed by atoms with Gasteiger partial charge in [0.15, 0.2) is 0 Å². The first kappa shape index (κ1) is 13.3. The van der Waals surface area contributed by atoms with E-state index in [0.29, 0.717) is 12.2 Å². The van der Waals surface area contributed by atoms with E-state index in [9.17, 15) is 9.18 Å². The van der Waals surface area contributed by atoms with Crippen LogP contribution in [0.1, 0.15) is 19.8 Å². The van der Waals surface area contributed by atoms with Crippen molar-refractivity contribution >= 4 is 23.2 Å². The van der Waals surface area contributed by atoms with Crippen LogP contribution in [0.15, 0.2) is 18.2 Å². The van der Waals surface area contributed by atoms with Crippen LogP contribution in [0.4, 0.5) is 10.1 Å². The lowest BCUT2D eigenvalue weighted by Crippen LogP contribution is -2.37. The maximum atomic E-state index is 12.9. The number of carbonyl (C=O) groups is 1. The summed E-state index contributed by atoms with van der Waals surface area (Å²) in [5.41, 5.74) is 0.0837. The Labute approximate surface area is 111 Å². The van der Waals surface area contributed by atoms with Crippen LogP contribution in [0.5, 0.6) is 0 Å². The fourth-order valence-electron chi connectivity index (χ4n) is 2.25. The highest BCUT2D eigenvalue weighted by molar-refractivity contribution is 6.33. The van der Waals surface area contributed by atoms with Crippen molar-refractivity contribution in [3.63, 3.8) is 0 Å². The van der Waals surface area contributed by atoms with E-state index >= 15 is 0 Å². The van der Waals surface area contributed by atoms with E-state index in [2.05, 4.69) is 10.6 Å². The molecule has 0 spiro atoms. The van der Waals surface area contributed by atoms with Gasteiger partial charge < -0.3 is 10.6 Å². The van der Waals surface area contributed by atoms with Gasteiger partial charge in [0.1, 0.15) is 5.82 Å². The molecule has 1 atom stereocenters. The Bertz CT molecular complexity index is 458. The van der Waals surface area contributed by atoms with Crippen molar-refractivity contribution in [2.75, 3.05) is 18.4 Å². The van der Waals surface area contributed by atoms with Crippen molar-refractivity contribution < 1.29 is 9.18 Å². The number of anilines is 1. The molecule has 1 amide bonds. The molecule has 1 heterocycles. The summed E-state index contributed by atoms with van der Waals surface area (Å²) in [6.07, 6.45) is 1.58. The van der Waals surface area contributed by atoms with Crippen molar-refractivity contribution in [3.8, 4) is 0 Å². The minimum Gasteiger partial charge on any atom is -0.324 e. The van der Waals surface area contributed by atoms with E-state index in [0.717, 1.165) is 19.4 Å². The number of carbonyl (C=O) groups excluding carboxylic acids is 1. The van der Waals surface area contributed by atoms with E-state index in [-0.39, 0.29) is 16.3 Å². The second-order valence-electron chi connectivity index (χ2n) is 4.64. The molecule has 1 aliphatic heterocycles. The predicted octanol–water partition coefficient (Wildman–Crippen LogP) is 2.81. The molecule has 1 aliphatic rings. The smallest absolute Gasteiger partial charge is 0.231 e. The highest BCUT2D eigenvalue weighted by atomic mass is 35.5. The highest BCUT2D eigenvalue weighted by Crippen LogP contribution is 2.32.